The summed E-state index contributed by atoms with van der Waals surface area (Å²) >= 11 is 0. The van der Waals surface area contributed by atoms with Crippen LogP contribution in [0.4, 0.5) is 4.39 Å². The van der Waals surface area contributed by atoms with Crippen molar-refractivity contribution in [3.63, 3.8) is 0 Å². The van der Waals surface area contributed by atoms with Crippen LogP contribution in [0.5, 0.6) is 0 Å². The van der Waals surface area contributed by atoms with E-state index in [4.69, 9.17) is 15.9 Å². The van der Waals surface area contributed by atoms with Gasteiger partial charge in [-0.2, -0.15) is 0 Å². The fourth-order valence-corrected chi connectivity index (χ4v) is 1.15. The summed E-state index contributed by atoms with van der Waals surface area (Å²) in [6.45, 7) is 1.23. The predicted octanol–water partition coefficient (Wildman–Crippen LogP) is 0.587. The van der Waals surface area contributed by atoms with Gasteiger partial charge in [-0.3, -0.25) is 0 Å². The molecule has 0 bridgehead atoms. The molecule has 0 aromatic rings. The minimum atomic E-state index is -1.16. The summed E-state index contributed by atoms with van der Waals surface area (Å²) < 4.78 is 13.2. The van der Waals surface area contributed by atoms with Crippen LogP contribution in [0.2, 0.25) is 0 Å². The first-order valence-electron chi connectivity index (χ1n) is 4.72. The Hall–Kier alpha value is -0.190. The van der Waals surface area contributed by atoms with Gasteiger partial charge >= 0.3 is 0 Å². The van der Waals surface area contributed by atoms with Gasteiger partial charge < -0.3 is 15.9 Å². The lowest BCUT2D eigenvalue weighted by atomic mass is 9.94. The molecule has 0 aromatic heterocycles. The van der Waals surface area contributed by atoms with Gasteiger partial charge in [0.05, 0.1) is 18.8 Å². The minimum absolute atomic E-state index is 0.0278. The van der Waals surface area contributed by atoms with E-state index in [0.29, 0.717) is 6.42 Å². The highest BCUT2D eigenvalue weighted by molar-refractivity contribution is 4.85. The maximum absolute atomic E-state index is 13.2. The lowest BCUT2D eigenvalue weighted by molar-refractivity contribution is 0.0887. The van der Waals surface area contributed by atoms with E-state index in [9.17, 15) is 4.39 Å². The second-order valence-electron chi connectivity index (χ2n) is 3.62. The van der Waals surface area contributed by atoms with Crippen molar-refractivity contribution in [2.45, 2.75) is 44.3 Å². The molecule has 3 nitrogen and oxygen atoms in total. The minimum Gasteiger partial charge on any atom is -0.394 e. The van der Waals surface area contributed by atoms with E-state index in [0.717, 1.165) is 12.8 Å². The maximum atomic E-state index is 13.2. The molecule has 13 heavy (non-hydrogen) atoms. The molecule has 0 aliphatic heterocycles. The number of rotatable bonds is 7. The van der Waals surface area contributed by atoms with Gasteiger partial charge in [0, 0.05) is 6.42 Å². The van der Waals surface area contributed by atoms with Crippen LogP contribution in [0.3, 0.4) is 0 Å². The summed E-state index contributed by atoms with van der Waals surface area (Å²) in [6.07, 6.45) is 1.21. The molecule has 0 heterocycles. The van der Waals surface area contributed by atoms with Crippen molar-refractivity contribution in [2.24, 2.45) is 5.73 Å². The summed E-state index contributed by atoms with van der Waals surface area (Å²) in [6, 6.07) is 0. The van der Waals surface area contributed by atoms with Crippen LogP contribution in [0, 0.1) is 0 Å². The molecular formula is C9H20FNO2. The van der Waals surface area contributed by atoms with E-state index in [1.807, 2.05) is 6.92 Å². The van der Waals surface area contributed by atoms with Crippen LogP contribution in [0.1, 0.15) is 32.6 Å². The highest BCUT2D eigenvalue weighted by Gasteiger charge is 2.27. The van der Waals surface area contributed by atoms with E-state index in [1.54, 1.807) is 0 Å². The van der Waals surface area contributed by atoms with E-state index in [1.165, 1.54) is 0 Å². The van der Waals surface area contributed by atoms with Gasteiger partial charge in [-0.25, -0.2) is 4.39 Å². The Kier molecular flexibility index (Phi) is 6.20. The Labute approximate surface area is 78.8 Å². The summed E-state index contributed by atoms with van der Waals surface area (Å²) in [4.78, 5) is 0. The largest absolute Gasteiger partial charge is 0.394 e. The van der Waals surface area contributed by atoms with E-state index in [2.05, 4.69) is 0 Å². The van der Waals surface area contributed by atoms with Gasteiger partial charge in [-0.1, -0.05) is 19.8 Å². The van der Waals surface area contributed by atoms with Crippen LogP contribution < -0.4 is 5.73 Å². The smallest absolute Gasteiger partial charge is 0.102 e. The van der Waals surface area contributed by atoms with Crippen molar-refractivity contribution in [3.05, 3.63) is 0 Å². The van der Waals surface area contributed by atoms with Crippen LogP contribution in [-0.4, -0.2) is 35.1 Å². The zero-order valence-electron chi connectivity index (χ0n) is 8.17. The molecular weight excluding hydrogens is 173 g/mol. The fourth-order valence-electron chi connectivity index (χ4n) is 1.15. The third kappa shape index (κ3) is 5.18. The molecule has 1 atom stereocenters. The molecule has 0 fully saturated rings. The number of unbranched alkanes of at least 4 members (excludes halogenated alkanes) is 1. The van der Waals surface area contributed by atoms with Crippen molar-refractivity contribution in [1.82, 2.24) is 0 Å². The predicted molar refractivity (Wildman–Crippen MR) is 50.1 cm³/mol. The Morgan fingerprint density at radius 1 is 1.38 bits per heavy atom. The third-order valence-corrected chi connectivity index (χ3v) is 2.13. The zero-order valence-corrected chi connectivity index (χ0v) is 8.17. The monoisotopic (exact) mass is 193 g/mol. The van der Waals surface area contributed by atoms with E-state index in [-0.39, 0.29) is 19.6 Å². The summed E-state index contributed by atoms with van der Waals surface area (Å²) in [5, 5.41) is 17.6. The number of hydrogen-bond donors (Lipinski definition) is 3. The zero-order chi connectivity index (χ0) is 10.3. The Morgan fingerprint density at radius 3 is 2.31 bits per heavy atom. The van der Waals surface area contributed by atoms with Crippen molar-refractivity contribution in [3.8, 4) is 0 Å². The molecule has 1 unspecified atom stereocenters. The molecule has 0 saturated heterocycles. The SMILES string of the molecule is CCCCC(F)CC(N)(CO)CO. The average molecular weight is 193 g/mol. The van der Waals surface area contributed by atoms with Crippen LogP contribution in [0.25, 0.3) is 0 Å². The van der Waals surface area contributed by atoms with Gasteiger partial charge in [-0.15, -0.1) is 0 Å². The number of alkyl halides is 1. The summed E-state index contributed by atoms with van der Waals surface area (Å²) in [5.41, 5.74) is 4.37. The summed E-state index contributed by atoms with van der Waals surface area (Å²) in [7, 11) is 0. The molecule has 0 aliphatic rings. The molecule has 0 aliphatic carbocycles. The van der Waals surface area contributed by atoms with Gasteiger partial charge in [0.25, 0.3) is 0 Å². The third-order valence-electron chi connectivity index (χ3n) is 2.13. The molecule has 0 spiro atoms. The lowest BCUT2D eigenvalue weighted by Crippen LogP contribution is -2.49. The highest BCUT2D eigenvalue weighted by atomic mass is 19.1. The number of halogens is 1. The van der Waals surface area contributed by atoms with Crippen LogP contribution >= 0.6 is 0 Å². The molecule has 0 saturated carbocycles. The van der Waals surface area contributed by atoms with Gasteiger partial charge in [0.1, 0.15) is 6.17 Å². The number of hydrogen-bond acceptors (Lipinski definition) is 3. The molecule has 0 amide bonds. The van der Waals surface area contributed by atoms with Crippen molar-refractivity contribution >= 4 is 0 Å². The molecule has 0 aromatic carbocycles. The molecule has 4 heteroatoms. The van der Waals surface area contributed by atoms with E-state index >= 15 is 0 Å². The Morgan fingerprint density at radius 2 is 1.92 bits per heavy atom. The van der Waals surface area contributed by atoms with Crippen LogP contribution in [-0.2, 0) is 0 Å². The average Bonchev–Trinajstić information content (AvgIpc) is 2.14. The molecule has 0 radical (unpaired) electrons. The van der Waals surface area contributed by atoms with Gasteiger partial charge in [0.15, 0.2) is 0 Å². The standard InChI is InChI=1S/C9H20FNO2/c1-2-3-4-8(10)5-9(11,6-12)7-13/h8,12-13H,2-7,11H2,1H3. The first-order valence-corrected chi connectivity index (χ1v) is 4.72. The van der Waals surface area contributed by atoms with Crippen molar-refractivity contribution in [1.29, 1.82) is 0 Å². The fraction of sp³-hybridized carbons (Fsp3) is 1.00. The van der Waals surface area contributed by atoms with Gasteiger partial charge in [0.2, 0.25) is 0 Å². The van der Waals surface area contributed by atoms with E-state index < -0.39 is 11.7 Å². The van der Waals surface area contributed by atoms with Crippen molar-refractivity contribution < 1.29 is 14.6 Å². The second-order valence-corrected chi connectivity index (χ2v) is 3.62. The molecule has 0 rings (SSSR count). The topological polar surface area (TPSA) is 66.5 Å². The van der Waals surface area contributed by atoms with Gasteiger partial charge in [-0.05, 0) is 6.42 Å². The quantitative estimate of drug-likeness (QED) is 0.554. The van der Waals surface area contributed by atoms with Crippen molar-refractivity contribution in [2.75, 3.05) is 13.2 Å². The molecule has 80 valence electrons. The number of aliphatic hydroxyl groups excluding tert-OH is 2. The highest BCUT2D eigenvalue weighted by Crippen LogP contribution is 2.16. The second kappa shape index (κ2) is 6.29. The first kappa shape index (κ1) is 12.8. The number of aliphatic hydroxyl groups is 2. The normalized spacial score (nSPS) is 14.5. The summed E-state index contributed by atoms with van der Waals surface area (Å²) in [5.74, 6) is 0. The molecule has 4 N–H and O–H groups in total. The lowest BCUT2D eigenvalue weighted by Gasteiger charge is -2.26. The first-order chi connectivity index (χ1) is 6.08. The van der Waals surface area contributed by atoms with Crippen LogP contribution in [0.15, 0.2) is 0 Å². The maximum Gasteiger partial charge on any atom is 0.102 e. The Balaban J connectivity index is 3.79. The number of nitrogens with two attached hydrogens (primary N) is 1. The Bertz CT molecular complexity index is 129.